The van der Waals surface area contributed by atoms with Gasteiger partial charge in [-0.1, -0.05) is 19.1 Å². The van der Waals surface area contributed by atoms with E-state index >= 15 is 0 Å². The summed E-state index contributed by atoms with van der Waals surface area (Å²) in [5.74, 6) is -3.11. The Balaban J connectivity index is 1.62. The lowest BCUT2D eigenvalue weighted by Gasteiger charge is -2.41. The highest BCUT2D eigenvalue weighted by Gasteiger charge is 2.40. The van der Waals surface area contributed by atoms with Crippen molar-refractivity contribution in [3.8, 4) is 5.69 Å². The number of carbonyl (C=O) groups excluding carboxylic acids is 3. The topological polar surface area (TPSA) is 128 Å². The van der Waals surface area contributed by atoms with Gasteiger partial charge in [0.2, 0.25) is 11.7 Å². The fourth-order valence-corrected chi connectivity index (χ4v) is 5.97. The summed E-state index contributed by atoms with van der Waals surface area (Å²) in [5, 5.41) is 11.9. The minimum absolute atomic E-state index is 0.0615. The number of benzene rings is 1. The lowest BCUT2D eigenvalue weighted by Crippen LogP contribution is -2.59. The van der Waals surface area contributed by atoms with E-state index in [1.807, 2.05) is 13.8 Å². The van der Waals surface area contributed by atoms with E-state index in [2.05, 4.69) is 15.6 Å². The standard InChI is InChI=1S/C33H48F2N6O6/c1-21(2)28(30(42)29-27(9-7-8-14-45-6)41(38-37-29)24-10-11-25(34)26(35)18-24)36-23-17-22(31(43)39-12-15-46-16-13-39)19-40(20-23)32(44)47-33(3,4)5/h10-11,18,21-23,28,36H,7-9,12-17,19-20H2,1-6H3/t22-,23+,28?/m1/s1. The lowest BCUT2D eigenvalue weighted by molar-refractivity contribution is -0.141. The van der Waals surface area contributed by atoms with Crippen LogP contribution in [0, 0.1) is 23.5 Å². The summed E-state index contributed by atoms with van der Waals surface area (Å²) in [6.07, 6.45) is 1.64. The SMILES string of the molecule is COCCCCc1c(C(=O)C(N[C@H]2C[C@@H](C(=O)N3CCOCC3)CN(C(=O)OC(C)(C)C)C2)C(C)C)nnn1-c1ccc(F)c(F)c1. The minimum Gasteiger partial charge on any atom is -0.444 e. The number of ketones is 1. The molecule has 1 aromatic heterocycles. The van der Waals surface area contributed by atoms with E-state index in [-0.39, 0.29) is 42.1 Å². The Kier molecular flexibility index (Phi) is 12.4. The Hall–Kier alpha value is -3.49. The highest BCUT2D eigenvalue weighted by molar-refractivity contribution is 5.99. The molecule has 2 fully saturated rings. The summed E-state index contributed by atoms with van der Waals surface area (Å²) in [4.78, 5) is 44.4. The Morgan fingerprint density at radius 3 is 2.43 bits per heavy atom. The van der Waals surface area contributed by atoms with Gasteiger partial charge in [0.1, 0.15) is 5.60 Å². The van der Waals surface area contributed by atoms with Crippen molar-refractivity contribution in [3.63, 3.8) is 0 Å². The van der Waals surface area contributed by atoms with Crippen molar-refractivity contribution in [1.29, 1.82) is 0 Å². The summed E-state index contributed by atoms with van der Waals surface area (Å²) in [6.45, 7) is 12.0. The molecule has 47 heavy (non-hydrogen) atoms. The summed E-state index contributed by atoms with van der Waals surface area (Å²) < 4.78 is 45.6. The quantitative estimate of drug-likeness (QED) is 0.267. The predicted molar refractivity (Wildman–Crippen MR) is 169 cm³/mol. The highest BCUT2D eigenvalue weighted by atomic mass is 19.2. The van der Waals surface area contributed by atoms with Crippen molar-refractivity contribution in [2.75, 3.05) is 53.1 Å². The summed E-state index contributed by atoms with van der Waals surface area (Å²) >= 11 is 0. The monoisotopic (exact) mass is 662 g/mol. The molecule has 1 unspecified atom stereocenters. The van der Waals surface area contributed by atoms with Gasteiger partial charge in [-0.2, -0.15) is 0 Å². The van der Waals surface area contributed by atoms with E-state index in [0.29, 0.717) is 64.3 Å². The summed E-state index contributed by atoms with van der Waals surface area (Å²) in [6, 6.07) is 2.26. The van der Waals surface area contributed by atoms with Crippen molar-refractivity contribution in [1.82, 2.24) is 30.1 Å². The first-order valence-corrected chi connectivity index (χ1v) is 16.3. The molecule has 2 amide bonds. The molecule has 0 aliphatic carbocycles. The van der Waals surface area contributed by atoms with Gasteiger partial charge in [0, 0.05) is 52.0 Å². The molecule has 12 nitrogen and oxygen atoms in total. The number of piperidine rings is 1. The Bertz CT molecular complexity index is 1390. The Labute approximate surface area is 275 Å². The Morgan fingerprint density at radius 2 is 1.79 bits per heavy atom. The molecule has 0 saturated carbocycles. The molecule has 0 bridgehead atoms. The van der Waals surface area contributed by atoms with Crippen molar-refractivity contribution in [2.45, 2.75) is 78.0 Å². The zero-order valence-corrected chi connectivity index (χ0v) is 28.3. The molecule has 2 aliphatic rings. The molecule has 0 spiro atoms. The molecule has 2 saturated heterocycles. The van der Waals surface area contributed by atoms with Crippen LogP contribution >= 0.6 is 0 Å². The van der Waals surface area contributed by atoms with Crippen LogP contribution in [0.2, 0.25) is 0 Å². The maximum absolute atomic E-state index is 14.3. The van der Waals surface area contributed by atoms with Gasteiger partial charge in [-0.25, -0.2) is 18.3 Å². The number of nitrogens with zero attached hydrogens (tertiary/aromatic N) is 5. The van der Waals surface area contributed by atoms with Crippen LogP contribution in [0.3, 0.4) is 0 Å². The molecule has 14 heteroatoms. The van der Waals surface area contributed by atoms with Crippen molar-refractivity contribution >= 4 is 17.8 Å². The molecular formula is C33H48F2N6O6. The first-order chi connectivity index (χ1) is 22.3. The molecular weight excluding hydrogens is 614 g/mol. The number of Topliss-reactive ketones (excluding diaryl/α,β-unsaturated/α-hetero) is 1. The molecule has 2 aliphatic heterocycles. The van der Waals surface area contributed by atoms with E-state index in [0.717, 1.165) is 12.1 Å². The van der Waals surface area contributed by atoms with Gasteiger partial charge in [-0.05, 0) is 64.5 Å². The summed E-state index contributed by atoms with van der Waals surface area (Å²) in [5.41, 5.74) is 0.121. The van der Waals surface area contributed by atoms with Crippen molar-refractivity contribution in [3.05, 3.63) is 41.2 Å². The molecule has 0 radical (unpaired) electrons. The number of morpholine rings is 1. The smallest absolute Gasteiger partial charge is 0.410 e. The number of unbranched alkanes of at least 4 members (excludes halogenated alkanes) is 1. The van der Waals surface area contributed by atoms with E-state index < -0.39 is 41.3 Å². The number of halogens is 2. The van der Waals surface area contributed by atoms with Crippen LogP contribution in [-0.2, 0) is 25.4 Å². The predicted octanol–water partition coefficient (Wildman–Crippen LogP) is 3.80. The van der Waals surface area contributed by atoms with E-state index in [9.17, 15) is 23.2 Å². The first kappa shape index (κ1) is 36.3. The van der Waals surface area contributed by atoms with Crippen LogP contribution in [-0.4, -0.2) is 113 Å². The maximum Gasteiger partial charge on any atom is 0.410 e. The number of rotatable bonds is 12. The lowest BCUT2D eigenvalue weighted by atomic mass is 9.89. The average molecular weight is 663 g/mol. The van der Waals surface area contributed by atoms with Crippen molar-refractivity contribution in [2.24, 2.45) is 11.8 Å². The first-order valence-electron chi connectivity index (χ1n) is 16.3. The maximum atomic E-state index is 14.3. The van der Waals surface area contributed by atoms with Gasteiger partial charge in [0.15, 0.2) is 17.3 Å². The third-order valence-electron chi connectivity index (χ3n) is 8.30. The fraction of sp³-hybridized carbons (Fsp3) is 0.667. The molecule has 260 valence electrons. The average Bonchev–Trinajstić information content (AvgIpc) is 3.45. The number of likely N-dealkylation sites (tertiary alicyclic amines) is 1. The second kappa shape index (κ2) is 16.1. The second-order valence-corrected chi connectivity index (χ2v) is 13.6. The van der Waals surface area contributed by atoms with Gasteiger partial charge in [0.05, 0.1) is 36.6 Å². The van der Waals surface area contributed by atoms with Crippen LogP contribution in [0.4, 0.5) is 13.6 Å². The van der Waals surface area contributed by atoms with Gasteiger partial charge < -0.3 is 29.3 Å². The molecule has 3 atom stereocenters. The van der Waals surface area contributed by atoms with Crippen LogP contribution < -0.4 is 5.32 Å². The molecule has 3 heterocycles. The third kappa shape index (κ3) is 9.54. The van der Waals surface area contributed by atoms with Crippen LogP contribution in [0.25, 0.3) is 5.69 Å². The second-order valence-electron chi connectivity index (χ2n) is 13.6. The van der Waals surface area contributed by atoms with E-state index in [1.54, 1.807) is 32.8 Å². The third-order valence-corrected chi connectivity index (χ3v) is 8.30. The number of carbonyl (C=O) groups is 3. The summed E-state index contributed by atoms with van der Waals surface area (Å²) in [7, 11) is 1.61. The van der Waals surface area contributed by atoms with Gasteiger partial charge >= 0.3 is 6.09 Å². The number of nitrogens with one attached hydrogen (secondary N) is 1. The van der Waals surface area contributed by atoms with Crippen molar-refractivity contribution < 1.29 is 37.4 Å². The van der Waals surface area contributed by atoms with Crippen LogP contribution in [0.5, 0.6) is 0 Å². The number of amides is 2. The van der Waals surface area contributed by atoms with Gasteiger partial charge in [-0.3, -0.25) is 9.59 Å². The number of ether oxygens (including phenoxy) is 3. The number of hydrogen-bond donors (Lipinski definition) is 1. The van der Waals surface area contributed by atoms with E-state index in [1.165, 1.54) is 15.6 Å². The minimum atomic E-state index is -1.04. The number of aromatic nitrogens is 3. The number of methoxy groups -OCH3 is 1. The Morgan fingerprint density at radius 1 is 1.06 bits per heavy atom. The van der Waals surface area contributed by atoms with Gasteiger partial charge in [-0.15, -0.1) is 5.10 Å². The van der Waals surface area contributed by atoms with Crippen LogP contribution in [0.1, 0.15) is 70.1 Å². The van der Waals surface area contributed by atoms with Crippen LogP contribution in [0.15, 0.2) is 18.2 Å². The fourth-order valence-electron chi connectivity index (χ4n) is 5.97. The highest BCUT2D eigenvalue weighted by Crippen LogP contribution is 2.25. The molecule has 2 aromatic rings. The molecule has 1 N–H and O–H groups in total. The largest absolute Gasteiger partial charge is 0.444 e. The van der Waals surface area contributed by atoms with E-state index in [4.69, 9.17) is 14.2 Å². The number of hydrogen-bond acceptors (Lipinski definition) is 9. The zero-order chi connectivity index (χ0) is 34.3. The molecule has 1 aromatic carbocycles. The molecule has 4 rings (SSSR count). The van der Waals surface area contributed by atoms with Gasteiger partial charge in [0.25, 0.3) is 0 Å². The normalized spacial score (nSPS) is 19.6. The zero-order valence-electron chi connectivity index (χ0n) is 28.3.